The van der Waals surface area contributed by atoms with Gasteiger partial charge in [0.05, 0.1) is 14.2 Å². The first-order chi connectivity index (χ1) is 8.24. The summed E-state index contributed by atoms with van der Waals surface area (Å²) in [6.45, 7) is 0. The Bertz CT molecular complexity index is 408. The van der Waals surface area contributed by atoms with E-state index < -0.39 is 0 Å². The van der Waals surface area contributed by atoms with E-state index in [0.717, 1.165) is 5.56 Å². The first kappa shape index (κ1) is 12.0. The van der Waals surface area contributed by atoms with E-state index in [1.54, 1.807) is 26.4 Å². The molecule has 3 nitrogen and oxygen atoms in total. The van der Waals surface area contributed by atoms with Gasteiger partial charge in [0.2, 0.25) is 0 Å². The van der Waals surface area contributed by atoms with Crippen molar-refractivity contribution in [2.24, 2.45) is 5.92 Å². The number of ketones is 1. The molecule has 1 aromatic rings. The molecule has 0 aromatic heterocycles. The lowest BCUT2D eigenvalue weighted by molar-refractivity contribution is 0.0936. The predicted octanol–water partition coefficient (Wildman–Crippen LogP) is 3.08. The monoisotopic (exact) mass is 234 g/mol. The molecular weight excluding hydrogens is 216 g/mol. The summed E-state index contributed by atoms with van der Waals surface area (Å²) >= 11 is 0. The molecule has 0 radical (unpaired) electrons. The molecule has 0 amide bonds. The van der Waals surface area contributed by atoms with Gasteiger partial charge in [-0.15, -0.1) is 0 Å². The fraction of sp³-hybridized carbons (Fsp3) is 0.500. The lowest BCUT2D eigenvalue weighted by atomic mass is 9.81. The lowest BCUT2D eigenvalue weighted by Crippen LogP contribution is -2.16. The Morgan fingerprint density at radius 1 is 1.24 bits per heavy atom. The second-order valence-electron chi connectivity index (χ2n) is 4.49. The molecule has 0 N–H and O–H groups in total. The number of benzene rings is 1. The molecule has 0 saturated heterocycles. The van der Waals surface area contributed by atoms with Crippen LogP contribution in [0.15, 0.2) is 18.2 Å². The highest BCUT2D eigenvalue weighted by molar-refractivity contribution is 5.96. The van der Waals surface area contributed by atoms with Gasteiger partial charge in [-0.25, -0.2) is 0 Å². The highest BCUT2D eigenvalue weighted by Gasteiger charge is 2.21. The van der Waals surface area contributed by atoms with E-state index in [0.29, 0.717) is 23.8 Å². The van der Waals surface area contributed by atoms with Gasteiger partial charge in [0.1, 0.15) is 0 Å². The molecule has 0 spiro atoms. The first-order valence-corrected chi connectivity index (χ1v) is 6.00. The number of carbonyl (C=O) groups is 1. The zero-order valence-corrected chi connectivity index (χ0v) is 10.4. The summed E-state index contributed by atoms with van der Waals surface area (Å²) in [5, 5.41) is 0. The van der Waals surface area contributed by atoms with Gasteiger partial charge >= 0.3 is 0 Å². The second kappa shape index (κ2) is 5.21. The van der Waals surface area contributed by atoms with Gasteiger partial charge in [0, 0.05) is 12.0 Å². The zero-order chi connectivity index (χ0) is 12.3. The van der Waals surface area contributed by atoms with Crippen molar-refractivity contribution in [2.45, 2.75) is 25.7 Å². The smallest absolute Gasteiger partial charge is 0.163 e. The number of hydrogen-bond donors (Lipinski definition) is 0. The predicted molar refractivity (Wildman–Crippen MR) is 65.8 cm³/mol. The molecule has 92 valence electrons. The van der Waals surface area contributed by atoms with Gasteiger partial charge in [-0.05, 0) is 24.1 Å². The third-order valence-electron chi connectivity index (χ3n) is 3.40. The van der Waals surface area contributed by atoms with Crippen LogP contribution in [0.4, 0.5) is 0 Å². The Morgan fingerprint density at radius 2 is 1.94 bits per heavy atom. The number of methoxy groups -OCH3 is 2. The van der Waals surface area contributed by atoms with E-state index in [4.69, 9.17) is 9.47 Å². The Hall–Kier alpha value is -1.51. The summed E-state index contributed by atoms with van der Waals surface area (Å²) in [6.07, 6.45) is 4.32. The summed E-state index contributed by atoms with van der Waals surface area (Å²) in [5.74, 6) is 2.07. The molecule has 0 aliphatic heterocycles. The van der Waals surface area contributed by atoms with Crippen LogP contribution in [0, 0.1) is 5.92 Å². The normalized spacial score (nSPS) is 15.2. The average molecular weight is 234 g/mol. The van der Waals surface area contributed by atoms with E-state index >= 15 is 0 Å². The maximum atomic E-state index is 12.0. The third kappa shape index (κ3) is 2.60. The van der Waals surface area contributed by atoms with Crippen molar-refractivity contribution < 1.29 is 14.3 Å². The summed E-state index contributed by atoms with van der Waals surface area (Å²) in [6, 6.07) is 5.36. The third-order valence-corrected chi connectivity index (χ3v) is 3.40. The fourth-order valence-electron chi connectivity index (χ4n) is 2.09. The van der Waals surface area contributed by atoms with Crippen LogP contribution in [0.25, 0.3) is 0 Å². The van der Waals surface area contributed by atoms with E-state index in [9.17, 15) is 4.79 Å². The molecule has 1 fully saturated rings. The van der Waals surface area contributed by atoms with Gasteiger partial charge in [-0.2, -0.15) is 0 Å². The quantitative estimate of drug-likeness (QED) is 0.734. The van der Waals surface area contributed by atoms with Crippen molar-refractivity contribution in [3.63, 3.8) is 0 Å². The molecule has 0 heterocycles. The molecule has 0 atom stereocenters. The molecule has 1 aromatic carbocycles. The number of ether oxygens (including phenoxy) is 2. The summed E-state index contributed by atoms with van der Waals surface area (Å²) in [7, 11) is 3.17. The summed E-state index contributed by atoms with van der Waals surface area (Å²) < 4.78 is 10.3. The summed E-state index contributed by atoms with van der Waals surface area (Å²) in [4.78, 5) is 12.0. The molecule has 1 aliphatic carbocycles. The Kier molecular flexibility index (Phi) is 3.67. The van der Waals surface area contributed by atoms with Crippen molar-refractivity contribution in [1.82, 2.24) is 0 Å². The van der Waals surface area contributed by atoms with Crippen LogP contribution < -0.4 is 9.47 Å². The Balaban J connectivity index is 2.11. The lowest BCUT2D eigenvalue weighted by Gasteiger charge is -2.24. The maximum Gasteiger partial charge on any atom is 0.163 e. The average Bonchev–Trinajstić information content (AvgIpc) is 2.32. The molecule has 0 unspecified atom stereocenters. The molecule has 0 bridgehead atoms. The molecular formula is C14H18O3. The van der Waals surface area contributed by atoms with Crippen LogP contribution in [0.3, 0.4) is 0 Å². The van der Waals surface area contributed by atoms with Crippen LogP contribution in [-0.2, 0) is 0 Å². The Labute approximate surface area is 102 Å². The van der Waals surface area contributed by atoms with E-state index in [1.165, 1.54) is 19.3 Å². The van der Waals surface area contributed by atoms with Crippen LogP contribution in [-0.4, -0.2) is 20.0 Å². The minimum atomic E-state index is 0.204. The second-order valence-corrected chi connectivity index (χ2v) is 4.49. The standard InChI is InChI=1S/C14H18O3/c1-16-13-7-6-11(9-14(13)17-2)12(15)8-10-4-3-5-10/h6-7,9-10H,3-5,8H2,1-2H3. The van der Waals surface area contributed by atoms with Crippen LogP contribution >= 0.6 is 0 Å². The van der Waals surface area contributed by atoms with Crippen LogP contribution in [0.2, 0.25) is 0 Å². The molecule has 17 heavy (non-hydrogen) atoms. The van der Waals surface area contributed by atoms with E-state index in [1.807, 2.05) is 6.07 Å². The Morgan fingerprint density at radius 3 is 2.47 bits per heavy atom. The maximum absolute atomic E-state index is 12.0. The van der Waals surface area contributed by atoms with Crippen LogP contribution in [0.1, 0.15) is 36.0 Å². The minimum Gasteiger partial charge on any atom is -0.493 e. The molecule has 1 aliphatic rings. The van der Waals surface area contributed by atoms with Crippen LogP contribution in [0.5, 0.6) is 11.5 Å². The topological polar surface area (TPSA) is 35.5 Å². The summed E-state index contributed by atoms with van der Waals surface area (Å²) in [5.41, 5.74) is 0.717. The van der Waals surface area contributed by atoms with Gasteiger partial charge < -0.3 is 9.47 Å². The largest absolute Gasteiger partial charge is 0.493 e. The SMILES string of the molecule is COc1ccc(C(=O)CC2CCC2)cc1OC. The fourth-order valence-corrected chi connectivity index (χ4v) is 2.09. The first-order valence-electron chi connectivity index (χ1n) is 6.00. The van der Waals surface area contributed by atoms with Crippen molar-refractivity contribution in [3.8, 4) is 11.5 Å². The van der Waals surface area contributed by atoms with Gasteiger partial charge in [0.15, 0.2) is 17.3 Å². The highest BCUT2D eigenvalue weighted by atomic mass is 16.5. The highest BCUT2D eigenvalue weighted by Crippen LogP contribution is 2.32. The number of carbonyl (C=O) groups excluding carboxylic acids is 1. The van der Waals surface area contributed by atoms with E-state index in [2.05, 4.69) is 0 Å². The van der Waals surface area contributed by atoms with Crippen molar-refractivity contribution >= 4 is 5.78 Å². The number of hydrogen-bond acceptors (Lipinski definition) is 3. The zero-order valence-electron chi connectivity index (χ0n) is 10.4. The molecule has 3 heteroatoms. The van der Waals surface area contributed by atoms with Gasteiger partial charge in [-0.3, -0.25) is 4.79 Å². The minimum absolute atomic E-state index is 0.204. The van der Waals surface area contributed by atoms with E-state index in [-0.39, 0.29) is 5.78 Å². The molecule has 2 rings (SSSR count). The van der Waals surface area contributed by atoms with Crippen molar-refractivity contribution in [2.75, 3.05) is 14.2 Å². The number of rotatable bonds is 5. The van der Waals surface area contributed by atoms with Gasteiger partial charge in [-0.1, -0.05) is 19.3 Å². The van der Waals surface area contributed by atoms with Crippen molar-refractivity contribution in [1.29, 1.82) is 0 Å². The van der Waals surface area contributed by atoms with Gasteiger partial charge in [0.25, 0.3) is 0 Å². The van der Waals surface area contributed by atoms with Crippen molar-refractivity contribution in [3.05, 3.63) is 23.8 Å². The number of Topliss-reactive ketones (excluding diaryl/α,β-unsaturated/α-hetero) is 1. The molecule has 1 saturated carbocycles.